The topological polar surface area (TPSA) is 75.3 Å². The van der Waals surface area contributed by atoms with Gasteiger partial charge in [0.1, 0.15) is 0 Å². The number of benzene rings is 2. The minimum Gasteiger partial charge on any atom is -0.322 e. The first-order valence-corrected chi connectivity index (χ1v) is 9.86. The molecule has 0 aromatic heterocycles. The highest BCUT2D eigenvalue weighted by Gasteiger charge is 2.17. The molecule has 2 aromatic rings. The van der Waals surface area contributed by atoms with Gasteiger partial charge >= 0.3 is 0 Å². The molecule has 1 atom stereocenters. The molecule has 0 bridgehead atoms. The molecule has 0 saturated carbocycles. The molecule has 0 radical (unpaired) electrons. The first-order chi connectivity index (χ1) is 11.9. The summed E-state index contributed by atoms with van der Waals surface area (Å²) < 4.78 is 27.0. The van der Waals surface area contributed by atoms with Crippen LogP contribution < -0.4 is 10.0 Å². The van der Waals surface area contributed by atoms with Gasteiger partial charge in [-0.2, -0.15) is 0 Å². The van der Waals surface area contributed by atoms with E-state index in [0.29, 0.717) is 17.7 Å². The third-order valence-corrected chi connectivity index (χ3v) is 5.62. The minimum absolute atomic E-state index is 0.140. The molecule has 0 saturated heterocycles. The van der Waals surface area contributed by atoms with Gasteiger partial charge in [0.2, 0.25) is 10.0 Å². The Labute approximate surface area is 149 Å². The first kappa shape index (κ1) is 19.1. The molecule has 5 nitrogen and oxygen atoms in total. The highest BCUT2D eigenvalue weighted by Crippen LogP contribution is 2.15. The van der Waals surface area contributed by atoms with E-state index >= 15 is 0 Å². The average molecular weight is 360 g/mol. The Kier molecular flexibility index (Phi) is 6.33. The van der Waals surface area contributed by atoms with Crippen molar-refractivity contribution in [1.29, 1.82) is 0 Å². The molecule has 2 rings (SSSR count). The van der Waals surface area contributed by atoms with Crippen LogP contribution in [-0.4, -0.2) is 20.4 Å². The Morgan fingerprint density at radius 3 is 2.12 bits per heavy atom. The summed E-state index contributed by atoms with van der Waals surface area (Å²) in [5.74, 6) is -0.275. The highest BCUT2D eigenvalue weighted by atomic mass is 32.2. The van der Waals surface area contributed by atoms with Crippen LogP contribution in [0.15, 0.2) is 53.4 Å². The molecule has 0 aliphatic carbocycles. The maximum absolute atomic E-state index is 12.3. The normalized spacial score (nSPS) is 12.6. The summed E-state index contributed by atoms with van der Waals surface area (Å²) in [6.07, 6.45) is 1.64. The van der Waals surface area contributed by atoms with Gasteiger partial charge in [0.25, 0.3) is 5.91 Å². The van der Waals surface area contributed by atoms with Crippen molar-refractivity contribution in [2.45, 2.75) is 44.6 Å². The van der Waals surface area contributed by atoms with Crippen molar-refractivity contribution < 1.29 is 13.2 Å². The fraction of sp³-hybridized carbons (Fsp3) is 0.316. The summed E-state index contributed by atoms with van der Waals surface area (Å²) in [6.45, 7) is 5.79. The Bertz CT molecular complexity index is 813. The van der Waals surface area contributed by atoms with Crippen LogP contribution in [-0.2, 0) is 16.4 Å². The van der Waals surface area contributed by atoms with Crippen LogP contribution in [0.5, 0.6) is 0 Å². The molecule has 25 heavy (non-hydrogen) atoms. The van der Waals surface area contributed by atoms with E-state index in [1.54, 1.807) is 0 Å². The summed E-state index contributed by atoms with van der Waals surface area (Å²) >= 11 is 0. The Morgan fingerprint density at radius 2 is 1.60 bits per heavy atom. The molecule has 0 spiro atoms. The van der Waals surface area contributed by atoms with Crippen LogP contribution in [0.4, 0.5) is 5.69 Å². The average Bonchev–Trinajstić information content (AvgIpc) is 2.62. The molecular weight excluding hydrogens is 336 g/mol. The quantitative estimate of drug-likeness (QED) is 0.792. The van der Waals surface area contributed by atoms with E-state index in [9.17, 15) is 13.2 Å². The number of hydrogen-bond donors (Lipinski definition) is 2. The second-order valence-corrected chi connectivity index (χ2v) is 7.67. The molecule has 6 heteroatoms. The first-order valence-electron chi connectivity index (χ1n) is 8.38. The van der Waals surface area contributed by atoms with E-state index in [-0.39, 0.29) is 16.8 Å². The van der Waals surface area contributed by atoms with E-state index in [2.05, 4.69) is 17.0 Å². The number of rotatable bonds is 7. The van der Waals surface area contributed by atoms with Crippen molar-refractivity contribution in [2.24, 2.45) is 0 Å². The molecule has 0 aliphatic heterocycles. The maximum atomic E-state index is 12.3. The van der Waals surface area contributed by atoms with Gasteiger partial charge in [0.15, 0.2) is 0 Å². The second-order valence-electron chi connectivity index (χ2n) is 5.96. The van der Waals surface area contributed by atoms with Crippen LogP contribution in [0.1, 0.15) is 43.1 Å². The molecule has 0 aliphatic rings. The van der Waals surface area contributed by atoms with Crippen LogP contribution in [0, 0.1) is 0 Å². The second kappa shape index (κ2) is 8.27. The Morgan fingerprint density at radius 1 is 1.00 bits per heavy atom. The van der Waals surface area contributed by atoms with Gasteiger partial charge in [-0.05, 0) is 61.7 Å². The number of nitrogens with one attached hydrogen (secondary N) is 2. The Hall–Kier alpha value is -2.18. The lowest BCUT2D eigenvalue weighted by Gasteiger charge is -2.12. The van der Waals surface area contributed by atoms with Crippen LogP contribution in [0.3, 0.4) is 0 Å². The predicted molar refractivity (Wildman–Crippen MR) is 100 cm³/mol. The van der Waals surface area contributed by atoms with E-state index < -0.39 is 10.0 Å². The molecule has 2 aromatic carbocycles. The molecule has 134 valence electrons. The number of anilines is 1. The van der Waals surface area contributed by atoms with Crippen molar-refractivity contribution in [2.75, 3.05) is 5.32 Å². The third-order valence-electron chi connectivity index (χ3n) is 4.02. The van der Waals surface area contributed by atoms with E-state index in [1.165, 1.54) is 29.8 Å². The molecule has 2 N–H and O–H groups in total. The Balaban J connectivity index is 2.09. The lowest BCUT2D eigenvalue weighted by Crippen LogP contribution is -2.32. The lowest BCUT2D eigenvalue weighted by atomic mass is 10.1. The zero-order valence-corrected chi connectivity index (χ0v) is 15.6. The zero-order valence-electron chi connectivity index (χ0n) is 14.7. The number of carbonyl (C=O) groups excluding carboxylic acids is 1. The summed E-state index contributed by atoms with van der Waals surface area (Å²) in [6, 6.07) is 13.4. The molecular formula is C19H24N2O3S. The number of amides is 1. The van der Waals surface area contributed by atoms with Crippen molar-refractivity contribution in [3.05, 3.63) is 59.7 Å². The van der Waals surface area contributed by atoms with Gasteiger partial charge in [0.05, 0.1) is 4.90 Å². The van der Waals surface area contributed by atoms with Gasteiger partial charge in [-0.15, -0.1) is 0 Å². The largest absolute Gasteiger partial charge is 0.322 e. The zero-order chi connectivity index (χ0) is 18.4. The van der Waals surface area contributed by atoms with Crippen molar-refractivity contribution in [3.8, 4) is 0 Å². The minimum atomic E-state index is -3.56. The van der Waals surface area contributed by atoms with Gasteiger partial charge < -0.3 is 5.32 Å². The monoisotopic (exact) mass is 360 g/mol. The van der Waals surface area contributed by atoms with E-state index in [4.69, 9.17) is 0 Å². The summed E-state index contributed by atoms with van der Waals surface area (Å²) in [4.78, 5) is 12.4. The predicted octanol–water partition coefficient (Wildman–Crippen LogP) is 3.58. The fourth-order valence-corrected chi connectivity index (χ4v) is 3.56. The van der Waals surface area contributed by atoms with Crippen molar-refractivity contribution in [1.82, 2.24) is 4.72 Å². The lowest BCUT2D eigenvalue weighted by molar-refractivity contribution is 0.102. The number of carbonyl (C=O) groups is 1. The van der Waals surface area contributed by atoms with Crippen molar-refractivity contribution in [3.63, 3.8) is 0 Å². The molecule has 1 amide bonds. The number of sulfonamides is 1. The molecule has 0 heterocycles. The number of aryl methyl sites for hydroxylation is 1. The summed E-state index contributed by atoms with van der Waals surface area (Å²) in [5.41, 5.74) is 2.31. The standard InChI is InChI=1S/C19H24N2O3S/c1-4-14(3)21-25(23,24)18-12-8-16(9-13-18)19(22)20-17-10-6-15(5-2)7-11-17/h6-14,21H,4-5H2,1-3H3,(H,20,22)/t14-/m0/s1. The maximum Gasteiger partial charge on any atom is 0.255 e. The van der Waals surface area contributed by atoms with Gasteiger partial charge in [0, 0.05) is 17.3 Å². The van der Waals surface area contributed by atoms with Crippen molar-refractivity contribution >= 4 is 21.6 Å². The molecule has 0 fully saturated rings. The highest BCUT2D eigenvalue weighted by molar-refractivity contribution is 7.89. The number of hydrogen-bond acceptors (Lipinski definition) is 3. The fourth-order valence-electron chi connectivity index (χ4n) is 2.23. The van der Waals surface area contributed by atoms with Gasteiger partial charge in [-0.3, -0.25) is 4.79 Å². The van der Waals surface area contributed by atoms with E-state index in [0.717, 1.165) is 6.42 Å². The van der Waals surface area contributed by atoms with Crippen LogP contribution in [0.25, 0.3) is 0 Å². The summed E-state index contributed by atoms with van der Waals surface area (Å²) in [5, 5.41) is 2.81. The summed E-state index contributed by atoms with van der Waals surface area (Å²) in [7, 11) is -3.56. The van der Waals surface area contributed by atoms with Crippen LogP contribution in [0.2, 0.25) is 0 Å². The molecule has 0 unspecified atom stereocenters. The van der Waals surface area contributed by atoms with Gasteiger partial charge in [-0.25, -0.2) is 13.1 Å². The van der Waals surface area contributed by atoms with E-state index in [1.807, 2.05) is 38.1 Å². The van der Waals surface area contributed by atoms with Gasteiger partial charge in [-0.1, -0.05) is 26.0 Å². The van der Waals surface area contributed by atoms with Crippen LogP contribution >= 0.6 is 0 Å². The third kappa shape index (κ3) is 5.14. The smallest absolute Gasteiger partial charge is 0.255 e. The SMILES string of the molecule is CCc1ccc(NC(=O)c2ccc(S(=O)(=O)N[C@@H](C)CC)cc2)cc1.